The fourth-order valence-corrected chi connectivity index (χ4v) is 3.72. The number of hydrogen-bond acceptors (Lipinski definition) is 3. The van der Waals surface area contributed by atoms with Gasteiger partial charge in [-0.15, -0.1) is 0 Å². The molecule has 1 heterocycles. The molecule has 3 rings (SSSR count). The van der Waals surface area contributed by atoms with Crippen molar-refractivity contribution in [2.24, 2.45) is 0 Å². The molecule has 0 aliphatic carbocycles. The third-order valence-electron chi connectivity index (χ3n) is 5.24. The number of hydrogen-bond donors (Lipinski definition) is 0. The van der Waals surface area contributed by atoms with E-state index in [1.807, 2.05) is 24.3 Å². The van der Waals surface area contributed by atoms with Crippen molar-refractivity contribution in [1.82, 2.24) is 4.90 Å². The zero-order valence-corrected chi connectivity index (χ0v) is 17.5. The molecule has 0 unspecified atom stereocenters. The molecule has 0 aromatic heterocycles. The van der Waals surface area contributed by atoms with Gasteiger partial charge in [-0.25, -0.2) is 0 Å². The van der Waals surface area contributed by atoms with E-state index in [0.29, 0.717) is 17.7 Å². The molecule has 0 saturated heterocycles. The smallest absolute Gasteiger partial charge is 0.261 e. The predicted molar refractivity (Wildman–Crippen MR) is 116 cm³/mol. The third-order valence-corrected chi connectivity index (χ3v) is 5.49. The minimum atomic E-state index is -0.147. The van der Waals surface area contributed by atoms with E-state index in [1.165, 1.54) is 30.6 Å². The number of halogens is 1. The summed E-state index contributed by atoms with van der Waals surface area (Å²) in [6.45, 7) is 1.26. The fourth-order valence-electron chi connectivity index (χ4n) is 3.60. The molecule has 0 fully saturated rings. The van der Waals surface area contributed by atoms with E-state index in [0.717, 1.165) is 43.1 Å². The quantitative estimate of drug-likeness (QED) is 0.310. The lowest BCUT2D eigenvalue weighted by molar-refractivity contribution is 0.0651. The summed E-state index contributed by atoms with van der Waals surface area (Å²) in [7, 11) is 0. The van der Waals surface area contributed by atoms with Crippen LogP contribution in [0.1, 0.15) is 72.1 Å². The van der Waals surface area contributed by atoms with Gasteiger partial charge in [-0.05, 0) is 49.2 Å². The van der Waals surface area contributed by atoms with Crippen LogP contribution in [0.4, 0.5) is 0 Å². The first kappa shape index (κ1) is 21.4. The molecule has 0 saturated carbocycles. The maximum Gasteiger partial charge on any atom is 0.261 e. The summed E-state index contributed by atoms with van der Waals surface area (Å²) < 4.78 is 5.69. The summed E-state index contributed by atoms with van der Waals surface area (Å²) in [6.07, 6.45) is 8.92. The van der Waals surface area contributed by atoms with Gasteiger partial charge in [0.15, 0.2) is 0 Å². The number of imide groups is 1. The Morgan fingerprint density at radius 3 is 1.79 bits per heavy atom. The summed E-state index contributed by atoms with van der Waals surface area (Å²) in [6, 6.07) is 14.5. The zero-order chi connectivity index (χ0) is 20.5. The van der Waals surface area contributed by atoms with E-state index < -0.39 is 0 Å². The SMILES string of the molecule is O=C1c2ccccc2C(=O)N1CCCCCCCCCCOc1ccc(Cl)cc1. The molecule has 0 radical (unpaired) electrons. The van der Waals surface area contributed by atoms with Crippen molar-refractivity contribution in [1.29, 1.82) is 0 Å². The van der Waals surface area contributed by atoms with Crippen molar-refractivity contribution in [2.45, 2.75) is 51.4 Å². The van der Waals surface area contributed by atoms with E-state index in [9.17, 15) is 9.59 Å². The van der Waals surface area contributed by atoms with E-state index in [1.54, 1.807) is 24.3 Å². The number of ether oxygens (including phenoxy) is 1. The van der Waals surface area contributed by atoms with Gasteiger partial charge < -0.3 is 4.74 Å². The largest absolute Gasteiger partial charge is 0.494 e. The van der Waals surface area contributed by atoms with Crippen molar-refractivity contribution in [3.05, 3.63) is 64.7 Å². The van der Waals surface area contributed by atoms with Crippen LogP contribution in [0.15, 0.2) is 48.5 Å². The molecule has 4 nitrogen and oxygen atoms in total. The first-order valence-electron chi connectivity index (χ1n) is 10.5. The van der Waals surface area contributed by atoms with Crippen molar-refractivity contribution in [3.8, 4) is 5.75 Å². The number of rotatable bonds is 12. The van der Waals surface area contributed by atoms with E-state index >= 15 is 0 Å². The Morgan fingerprint density at radius 1 is 0.690 bits per heavy atom. The Labute approximate surface area is 177 Å². The van der Waals surface area contributed by atoms with E-state index in [2.05, 4.69) is 0 Å². The first-order chi connectivity index (χ1) is 14.2. The van der Waals surface area contributed by atoms with Crippen LogP contribution in [0.5, 0.6) is 5.75 Å². The highest BCUT2D eigenvalue weighted by Crippen LogP contribution is 2.23. The van der Waals surface area contributed by atoms with Gasteiger partial charge in [0.1, 0.15) is 5.75 Å². The van der Waals surface area contributed by atoms with Crippen LogP contribution in [0.3, 0.4) is 0 Å². The molecule has 2 amide bonds. The van der Waals surface area contributed by atoms with Gasteiger partial charge in [-0.3, -0.25) is 14.5 Å². The maximum absolute atomic E-state index is 12.3. The van der Waals surface area contributed by atoms with Crippen LogP contribution >= 0.6 is 11.6 Å². The third kappa shape index (κ3) is 6.07. The minimum Gasteiger partial charge on any atom is -0.494 e. The molecule has 1 aliphatic rings. The van der Waals surface area contributed by atoms with Crippen LogP contribution in [0.2, 0.25) is 5.02 Å². The molecule has 5 heteroatoms. The number of unbranched alkanes of at least 4 members (excludes halogenated alkanes) is 7. The summed E-state index contributed by atoms with van der Waals surface area (Å²) in [5, 5.41) is 0.723. The fraction of sp³-hybridized carbons (Fsp3) is 0.417. The van der Waals surface area contributed by atoms with Crippen LogP contribution in [0.25, 0.3) is 0 Å². The topological polar surface area (TPSA) is 46.6 Å². The molecule has 29 heavy (non-hydrogen) atoms. The Bertz CT molecular complexity index is 784. The second kappa shape index (κ2) is 11.0. The lowest BCUT2D eigenvalue weighted by atomic mass is 10.1. The van der Waals surface area contributed by atoms with Crippen LogP contribution in [-0.2, 0) is 0 Å². The number of nitrogens with zero attached hydrogens (tertiary/aromatic N) is 1. The molecule has 2 aromatic carbocycles. The molecule has 0 bridgehead atoms. The Morgan fingerprint density at radius 2 is 1.21 bits per heavy atom. The molecule has 2 aromatic rings. The van der Waals surface area contributed by atoms with Gasteiger partial charge in [0.05, 0.1) is 17.7 Å². The van der Waals surface area contributed by atoms with Crippen molar-refractivity contribution in [3.63, 3.8) is 0 Å². The standard InChI is InChI=1S/C24H28ClNO3/c25-19-13-15-20(16-14-19)29-18-10-6-4-2-1-3-5-9-17-26-23(27)21-11-7-8-12-22(21)24(26)28/h7-8,11-16H,1-6,9-10,17-18H2. The zero-order valence-electron chi connectivity index (χ0n) is 16.7. The van der Waals surface area contributed by atoms with Gasteiger partial charge in [0.2, 0.25) is 0 Å². The van der Waals surface area contributed by atoms with E-state index in [4.69, 9.17) is 16.3 Å². The molecular formula is C24H28ClNO3. The van der Waals surface area contributed by atoms with Crippen molar-refractivity contribution in [2.75, 3.05) is 13.2 Å². The number of carbonyl (C=O) groups is 2. The monoisotopic (exact) mass is 413 g/mol. The average molecular weight is 414 g/mol. The Kier molecular flexibility index (Phi) is 8.12. The summed E-state index contributed by atoms with van der Waals surface area (Å²) in [4.78, 5) is 26.0. The van der Waals surface area contributed by atoms with Crippen molar-refractivity contribution >= 4 is 23.4 Å². The normalized spacial score (nSPS) is 13.1. The summed E-state index contributed by atoms with van der Waals surface area (Å²) >= 11 is 5.85. The number of carbonyl (C=O) groups excluding carboxylic acids is 2. The van der Waals surface area contributed by atoms with Gasteiger partial charge in [-0.1, -0.05) is 62.3 Å². The van der Waals surface area contributed by atoms with Crippen LogP contribution in [0, 0.1) is 0 Å². The maximum atomic E-state index is 12.3. The first-order valence-corrected chi connectivity index (χ1v) is 10.9. The predicted octanol–water partition coefficient (Wildman–Crippen LogP) is 6.14. The number of benzene rings is 2. The van der Waals surface area contributed by atoms with E-state index in [-0.39, 0.29) is 11.8 Å². The molecule has 1 aliphatic heterocycles. The lowest BCUT2D eigenvalue weighted by Gasteiger charge is -2.13. The highest BCUT2D eigenvalue weighted by atomic mass is 35.5. The summed E-state index contributed by atoms with van der Waals surface area (Å²) in [5.74, 6) is 0.574. The van der Waals surface area contributed by atoms with Crippen molar-refractivity contribution < 1.29 is 14.3 Å². The molecule has 0 spiro atoms. The molecular weight excluding hydrogens is 386 g/mol. The molecule has 0 atom stereocenters. The number of amides is 2. The lowest BCUT2D eigenvalue weighted by Crippen LogP contribution is -2.30. The van der Waals surface area contributed by atoms with Crippen LogP contribution in [-0.4, -0.2) is 29.9 Å². The van der Waals surface area contributed by atoms with Crippen LogP contribution < -0.4 is 4.74 Å². The van der Waals surface area contributed by atoms with Gasteiger partial charge >= 0.3 is 0 Å². The second-order valence-electron chi connectivity index (χ2n) is 7.44. The molecule has 154 valence electrons. The second-order valence-corrected chi connectivity index (χ2v) is 7.87. The van der Waals surface area contributed by atoms with Gasteiger partial charge in [-0.2, -0.15) is 0 Å². The highest BCUT2D eigenvalue weighted by Gasteiger charge is 2.34. The molecule has 0 N–H and O–H groups in total. The van der Waals surface area contributed by atoms with Gasteiger partial charge in [0.25, 0.3) is 11.8 Å². The Balaban J connectivity index is 1.18. The Hall–Kier alpha value is -2.33. The average Bonchev–Trinajstić information content (AvgIpc) is 2.98. The summed E-state index contributed by atoms with van der Waals surface area (Å²) in [5.41, 5.74) is 1.08. The minimum absolute atomic E-state index is 0.147. The highest BCUT2D eigenvalue weighted by molar-refractivity contribution is 6.30. The number of fused-ring (bicyclic) bond motifs is 1. The van der Waals surface area contributed by atoms with Gasteiger partial charge in [0, 0.05) is 11.6 Å².